The van der Waals surface area contributed by atoms with Crippen molar-refractivity contribution in [3.8, 4) is 5.75 Å². The number of rotatable bonds is 3. The van der Waals surface area contributed by atoms with Gasteiger partial charge in [-0.3, -0.25) is 28.9 Å². The number of amides is 1. The molecule has 0 aromatic heterocycles. The van der Waals surface area contributed by atoms with Crippen molar-refractivity contribution >= 4 is 29.0 Å². The molecule has 0 spiro atoms. The number of carbonyl (C=O) groups is 5. The molecule has 0 heterocycles. The first-order valence-electron chi connectivity index (χ1n) is 13.0. The molecule has 1 aromatic carbocycles. The number of aromatic hydroxyl groups is 1. The normalized spacial score (nSPS) is 36.8. The quantitative estimate of drug-likeness (QED) is 0.513. The second kappa shape index (κ2) is 8.30. The first-order chi connectivity index (χ1) is 17.3. The Morgan fingerprint density at radius 1 is 1.08 bits per heavy atom. The number of nitrogens with two attached hydrogens (primary N) is 1. The maximum Gasteiger partial charge on any atom is 0.235 e. The molecule has 9 nitrogen and oxygen atoms in total. The van der Waals surface area contributed by atoms with Crippen molar-refractivity contribution in [2.24, 2.45) is 29.4 Å². The van der Waals surface area contributed by atoms with Crippen LogP contribution in [0.1, 0.15) is 73.4 Å². The Kier molecular flexibility index (Phi) is 5.77. The summed E-state index contributed by atoms with van der Waals surface area (Å²) in [5.41, 5.74) is 3.74. The number of carbonyl (C=O) groups excluding carboxylic acids is 5. The highest BCUT2D eigenvalue weighted by atomic mass is 16.3. The van der Waals surface area contributed by atoms with Crippen LogP contribution < -0.4 is 5.73 Å². The zero-order chi connectivity index (χ0) is 27.2. The van der Waals surface area contributed by atoms with Gasteiger partial charge in [-0.25, -0.2) is 0 Å². The number of likely N-dealkylation sites (N-methyl/N-ethyl adjacent to an activating group) is 1. The largest absolute Gasteiger partial charge is 0.507 e. The molecule has 5 rings (SSSR count). The summed E-state index contributed by atoms with van der Waals surface area (Å²) in [4.78, 5) is 68.1. The molecule has 198 valence electrons. The van der Waals surface area contributed by atoms with E-state index in [9.17, 15) is 34.2 Å². The maximum atomic E-state index is 14.0. The standard InChI is InChI=1S/C28H34N2O7/c1-12-13-7-8-15(27(2)9-5-6-10-27)21(31)17(13)22(32)18-14(12)11-16-20(30(3)4)23(33)19(26(29)36)25(35)28(16,37)24(18)34/h7-8,12,14,16,18-20,31,37H,5-6,9-11H2,1-4H3,(H2,29,36)/t12?,14?,16?,18?,19?,20-,28-/m0/s1. The second-order valence-electron chi connectivity index (χ2n) is 12.0. The number of primary amides is 1. The van der Waals surface area contributed by atoms with E-state index in [0.29, 0.717) is 11.1 Å². The average molecular weight is 511 g/mol. The van der Waals surface area contributed by atoms with Gasteiger partial charge in [-0.05, 0) is 56.2 Å². The van der Waals surface area contributed by atoms with E-state index >= 15 is 0 Å². The van der Waals surface area contributed by atoms with Gasteiger partial charge in [0.2, 0.25) is 5.91 Å². The van der Waals surface area contributed by atoms with Crippen molar-refractivity contribution in [1.82, 2.24) is 4.90 Å². The summed E-state index contributed by atoms with van der Waals surface area (Å²) in [6.45, 7) is 3.92. The molecule has 3 saturated carbocycles. The van der Waals surface area contributed by atoms with Crippen molar-refractivity contribution in [3.05, 3.63) is 28.8 Å². The summed E-state index contributed by atoms with van der Waals surface area (Å²) in [7, 11) is 3.14. The number of phenols is 1. The lowest BCUT2D eigenvalue weighted by Crippen LogP contribution is -2.74. The molecule has 0 aliphatic heterocycles. The third kappa shape index (κ3) is 3.26. The Balaban J connectivity index is 1.65. The number of hydrogen-bond acceptors (Lipinski definition) is 8. The van der Waals surface area contributed by atoms with Gasteiger partial charge in [0.25, 0.3) is 0 Å². The first-order valence-corrected chi connectivity index (χ1v) is 13.0. The third-order valence-corrected chi connectivity index (χ3v) is 9.81. The lowest BCUT2D eigenvalue weighted by atomic mass is 9.50. The third-order valence-electron chi connectivity index (χ3n) is 9.81. The number of nitrogens with zero attached hydrogens (tertiary/aromatic N) is 1. The van der Waals surface area contributed by atoms with E-state index in [4.69, 9.17) is 5.73 Å². The Bertz CT molecular complexity index is 1250. The zero-order valence-corrected chi connectivity index (χ0v) is 21.6. The monoisotopic (exact) mass is 510 g/mol. The fraction of sp³-hybridized carbons (Fsp3) is 0.607. The van der Waals surface area contributed by atoms with Crippen molar-refractivity contribution < 1.29 is 34.2 Å². The Morgan fingerprint density at radius 3 is 2.27 bits per heavy atom. The van der Waals surface area contributed by atoms with Crippen molar-refractivity contribution in [3.63, 3.8) is 0 Å². The van der Waals surface area contributed by atoms with E-state index in [-0.39, 0.29) is 29.1 Å². The van der Waals surface area contributed by atoms with Crippen molar-refractivity contribution in [2.75, 3.05) is 14.1 Å². The van der Waals surface area contributed by atoms with Crippen molar-refractivity contribution in [2.45, 2.75) is 68.9 Å². The van der Waals surface area contributed by atoms with Gasteiger partial charge in [-0.2, -0.15) is 0 Å². The van der Waals surface area contributed by atoms with Crippen LogP contribution in [0.4, 0.5) is 0 Å². The van der Waals surface area contributed by atoms with E-state index in [0.717, 1.165) is 25.7 Å². The van der Waals surface area contributed by atoms with Crippen LogP contribution in [0, 0.1) is 23.7 Å². The van der Waals surface area contributed by atoms with Gasteiger partial charge in [0.1, 0.15) is 5.75 Å². The number of Topliss-reactive ketones (excluding diaryl/α,β-unsaturated/α-hetero) is 4. The Morgan fingerprint density at radius 2 is 1.70 bits per heavy atom. The van der Waals surface area contributed by atoms with Crippen LogP contribution in [0.2, 0.25) is 0 Å². The zero-order valence-electron chi connectivity index (χ0n) is 21.6. The van der Waals surface area contributed by atoms with Crippen molar-refractivity contribution in [1.29, 1.82) is 0 Å². The number of fused-ring (bicyclic) bond motifs is 3. The lowest BCUT2D eigenvalue weighted by molar-refractivity contribution is -0.181. The molecule has 4 N–H and O–H groups in total. The van der Waals surface area contributed by atoms with Gasteiger partial charge in [0.15, 0.2) is 34.7 Å². The van der Waals surface area contributed by atoms with Crippen LogP contribution in [-0.4, -0.2) is 69.9 Å². The van der Waals surface area contributed by atoms with Gasteiger partial charge >= 0.3 is 0 Å². The van der Waals surface area contributed by atoms with Crippen LogP contribution >= 0.6 is 0 Å². The van der Waals surface area contributed by atoms with Crippen LogP contribution in [0.15, 0.2) is 12.1 Å². The molecule has 5 unspecified atom stereocenters. The Hall–Kier alpha value is -2.91. The predicted molar refractivity (Wildman–Crippen MR) is 132 cm³/mol. The Labute approximate surface area is 215 Å². The molecule has 0 saturated heterocycles. The van der Waals surface area contributed by atoms with E-state index in [1.54, 1.807) is 14.1 Å². The maximum absolute atomic E-state index is 14.0. The highest BCUT2D eigenvalue weighted by molar-refractivity contribution is 6.32. The minimum Gasteiger partial charge on any atom is -0.507 e. The van der Waals surface area contributed by atoms with Gasteiger partial charge in [0, 0.05) is 11.5 Å². The average Bonchev–Trinajstić information content (AvgIpc) is 3.26. The second-order valence-corrected chi connectivity index (χ2v) is 12.0. The van der Waals surface area contributed by atoms with E-state index < -0.39 is 64.4 Å². The predicted octanol–water partition coefficient (Wildman–Crippen LogP) is 1.26. The number of benzene rings is 1. The summed E-state index contributed by atoms with van der Waals surface area (Å²) in [5.74, 6) is -10.4. The molecule has 4 aliphatic carbocycles. The first kappa shape index (κ1) is 25.7. The summed E-state index contributed by atoms with van der Waals surface area (Å²) in [6, 6.07) is 2.62. The number of ketones is 4. The fourth-order valence-corrected chi connectivity index (χ4v) is 7.83. The minimum absolute atomic E-state index is 0.0469. The van der Waals surface area contributed by atoms with Gasteiger partial charge in [0.05, 0.1) is 17.5 Å². The minimum atomic E-state index is -2.71. The summed E-state index contributed by atoms with van der Waals surface area (Å²) < 4.78 is 0. The smallest absolute Gasteiger partial charge is 0.235 e. The number of phenolic OH excluding ortho intramolecular Hbond substituents is 1. The van der Waals surface area contributed by atoms with E-state index in [1.807, 2.05) is 19.1 Å². The van der Waals surface area contributed by atoms with Crippen LogP contribution in [0.25, 0.3) is 0 Å². The molecule has 0 bridgehead atoms. The van der Waals surface area contributed by atoms with E-state index in [1.165, 1.54) is 4.90 Å². The lowest BCUT2D eigenvalue weighted by Gasteiger charge is -2.53. The molecule has 37 heavy (non-hydrogen) atoms. The van der Waals surface area contributed by atoms with Gasteiger partial charge in [-0.15, -0.1) is 0 Å². The molecule has 4 aliphatic rings. The SMILES string of the molecule is CC1c2ccc(C3(C)CCCC3)c(O)c2C(=O)C2C(=O)[C@]3(O)C(=O)C(C(N)=O)C(=O)[C@@H](N(C)C)C3CC21. The van der Waals surface area contributed by atoms with E-state index in [2.05, 4.69) is 6.92 Å². The summed E-state index contributed by atoms with van der Waals surface area (Å²) in [6.07, 6.45) is 3.83. The van der Waals surface area contributed by atoms with Crippen LogP contribution in [0.3, 0.4) is 0 Å². The molecule has 0 radical (unpaired) electrons. The highest BCUT2D eigenvalue weighted by Crippen LogP contribution is 2.56. The summed E-state index contributed by atoms with van der Waals surface area (Å²) >= 11 is 0. The highest BCUT2D eigenvalue weighted by Gasteiger charge is 2.70. The molecule has 9 heteroatoms. The molecule has 1 amide bonds. The summed E-state index contributed by atoms with van der Waals surface area (Å²) in [5, 5.41) is 23.1. The fourth-order valence-electron chi connectivity index (χ4n) is 7.83. The molecule has 7 atom stereocenters. The van der Waals surface area contributed by atoms with Crippen LogP contribution in [-0.2, 0) is 24.6 Å². The van der Waals surface area contributed by atoms with Gasteiger partial charge < -0.3 is 15.9 Å². The number of aliphatic hydroxyl groups is 1. The molecule has 1 aromatic rings. The van der Waals surface area contributed by atoms with Gasteiger partial charge in [-0.1, -0.05) is 38.8 Å². The topological polar surface area (TPSA) is 155 Å². The number of hydrogen-bond donors (Lipinski definition) is 3. The molecular weight excluding hydrogens is 476 g/mol. The van der Waals surface area contributed by atoms with Crippen LogP contribution in [0.5, 0.6) is 5.75 Å². The molecule has 3 fully saturated rings. The molecular formula is C28H34N2O7.